The van der Waals surface area contributed by atoms with Gasteiger partial charge in [0, 0.05) is 31.3 Å². The van der Waals surface area contributed by atoms with Gasteiger partial charge in [0.2, 0.25) is 11.8 Å². The number of methoxy groups -OCH3 is 2. The lowest BCUT2D eigenvalue weighted by Gasteiger charge is -2.32. The van der Waals surface area contributed by atoms with Crippen LogP contribution in [-0.2, 0) is 16.0 Å². The first kappa shape index (κ1) is 22.6. The van der Waals surface area contributed by atoms with Crippen molar-refractivity contribution in [2.45, 2.75) is 32.1 Å². The summed E-state index contributed by atoms with van der Waals surface area (Å²) < 4.78 is 10.6. The fourth-order valence-electron chi connectivity index (χ4n) is 4.41. The molecule has 0 unspecified atom stereocenters. The van der Waals surface area contributed by atoms with E-state index in [1.165, 1.54) is 6.92 Å². The Morgan fingerprint density at radius 2 is 1.76 bits per heavy atom. The molecule has 1 aliphatic heterocycles. The number of aromatic nitrogens is 1. The molecule has 172 valence electrons. The standard InChI is InChI=1S/C26H29N3O4/c1-17(30)27-22-16-20-6-4-5-7-21(20)28-26(22)19-10-12-29(13-11-19)25(31)15-18-8-9-23(32-2)24(14-18)33-3/h4-9,14,16,19H,10-13,15H2,1-3H3,(H,27,30). The second-order valence-corrected chi connectivity index (χ2v) is 8.32. The molecule has 3 aromatic rings. The summed E-state index contributed by atoms with van der Waals surface area (Å²) in [4.78, 5) is 31.5. The molecule has 1 N–H and O–H groups in total. The smallest absolute Gasteiger partial charge is 0.226 e. The molecule has 2 aromatic carbocycles. The number of rotatable bonds is 6. The Bertz CT molecular complexity index is 1170. The number of carbonyl (C=O) groups is 2. The minimum Gasteiger partial charge on any atom is -0.493 e. The van der Waals surface area contributed by atoms with Gasteiger partial charge in [-0.1, -0.05) is 24.3 Å². The lowest BCUT2D eigenvalue weighted by molar-refractivity contribution is -0.131. The van der Waals surface area contributed by atoms with Crippen molar-refractivity contribution in [1.82, 2.24) is 9.88 Å². The SMILES string of the molecule is COc1ccc(CC(=O)N2CCC(c3nc4ccccc4cc3NC(C)=O)CC2)cc1OC. The van der Waals surface area contributed by atoms with Gasteiger partial charge in [-0.15, -0.1) is 0 Å². The van der Waals surface area contributed by atoms with Crippen LogP contribution in [0.15, 0.2) is 48.5 Å². The van der Waals surface area contributed by atoms with Gasteiger partial charge in [0.15, 0.2) is 11.5 Å². The largest absolute Gasteiger partial charge is 0.493 e. The monoisotopic (exact) mass is 447 g/mol. The van der Waals surface area contributed by atoms with Gasteiger partial charge in [0.25, 0.3) is 0 Å². The van der Waals surface area contributed by atoms with Crippen LogP contribution in [0.3, 0.4) is 0 Å². The molecule has 0 atom stereocenters. The number of carbonyl (C=O) groups excluding carboxylic acids is 2. The van der Waals surface area contributed by atoms with Crippen LogP contribution >= 0.6 is 0 Å². The first-order valence-corrected chi connectivity index (χ1v) is 11.1. The molecule has 0 spiro atoms. The summed E-state index contributed by atoms with van der Waals surface area (Å²) >= 11 is 0. The number of anilines is 1. The van der Waals surface area contributed by atoms with Crippen molar-refractivity contribution in [3.05, 3.63) is 59.8 Å². The zero-order valence-electron chi connectivity index (χ0n) is 19.3. The number of ether oxygens (including phenoxy) is 2. The Kier molecular flexibility index (Phi) is 6.77. The van der Waals surface area contributed by atoms with Gasteiger partial charge < -0.3 is 19.7 Å². The number of amides is 2. The highest BCUT2D eigenvalue weighted by molar-refractivity contribution is 5.93. The molecule has 1 saturated heterocycles. The van der Waals surface area contributed by atoms with Gasteiger partial charge in [0.1, 0.15) is 0 Å². The Morgan fingerprint density at radius 3 is 2.45 bits per heavy atom. The Hall–Kier alpha value is -3.61. The number of piperidine rings is 1. The average molecular weight is 448 g/mol. The van der Waals surface area contributed by atoms with Crippen LogP contribution < -0.4 is 14.8 Å². The van der Waals surface area contributed by atoms with E-state index in [1.807, 2.05) is 53.4 Å². The van der Waals surface area contributed by atoms with E-state index in [2.05, 4.69) is 5.32 Å². The molecule has 2 amide bonds. The normalized spacial score (nSPS) is 14.2. The van der Waals surface area contributed by atoms with E-state index in [0.717, 1.165) is 40.7 Å². The van der Waals surface area contributed by atoms with Crippen LogP contribution in [0.4, 0.5) is 5.69 Å². The third-order valence-electron chi connectivity index (χ3n) is 6.10. The molecule has 7 nitrogen and oxygen atoms in total. The third kappa shape index (κ3) is 5.08. The van der Waals surface area contributed by atoms with Crippen molar-refractivity contribution in [3.8, 4) is 11.5 Å². The molecule has 1 aliphatic rings. The summed E-state index contributed by atoms with van der Waals surface area (Å²) in [6.07, 6.45) is 1.92. The van der Waals surface area contributed by atoms with E-state index >= 15 is 0 Å². The number of hydrogen-bond donors (Lipinski definition) is 1. The van der Waals surface area contributed by atoms with Crippen molar-refractivity contribution in [2.75, 3.05) is 32.6 Å². The number of nitrogens with one attached hydrogen (secondary N) is 1. The zero-order chi connectivity index (χ0) is 23.4. The summed E-state index contributed by atoms with van der Waals surface area (Å²) in [5, 5.41) is 3.94. The number of hydrogen-bond acceptors (Lipinski definition) is 5. The van der Waals surface area contributed by atoms with Crippen molar-refractivity contribution in [1.29, 1.82) is 0 Å². The molecular formula is C26H29N3O4. The van der Waals surface area contributed by atoms with E-state index in [1.54, 1.807) is 14.2 Å². The molecule has 4 rings (SSSR count). The number of fused-ring (bicyclic) bond motifs is 1. The van der Waals surface area contributed by atoms with E-state index in [0.29, 0.717) is 31.0 Å². The molecule has 0 radical (unpaired) electrons. The fourth-order valence-corrected chi connectivity index (χ4v) is 4.41. The molecule has 2 heterocycles. The van der Waals surface area contributed by atoms with E-state index < -0.39 is 0 Å². The van der Waals surface area contributed by atoms with Crippen molar-refractivity contribution in [2.24, 2.45) is 0 Å². The highest BCUT2D eigenvalue weighted by Crippen LogP contribution is 2.34. The number of likely N-dealkylation sites (tertiary alicyclic amines) is 1. The predicted molar refractivity (Wildman–Crippen MR) is 128 cm³/mol. The molecule has 0 aliphatic carbocycles. The molecule has 7 heteroatoms. The van der Waals surface area contributed by atoms with Crippen LogP contribution in [0.2, 0.25) is 0 Å². The summed E-state index contributed by atoms with van der Waals surface area (Å²) in [5.74, 6) is 1.42. The van der Waals surface area contributed by atoms with Crippen LogP contribution in [0.1, 0.15) is 36.9 Å². The molecular weight excluding hydrogens is 418 g/mol. The van der Waals surface area contributed by atoms with Gasteiger partial charge in [-0.25, -0.2) is 0 Å². The van der Waals surface area contributed by atoms with Gasteiger partial charge in [-0.05, 0) is 42.7 Å². The number of pyridine rings is 1. The Morgan fingerprint density at radius 1 is 1.03 bits per heavy atom. The third-order valence-corrected chi connectivity index (χ3v) is 6.10. The highest BCUT2D eigenvalue weighted by Gasteiger charge is 2.27. The average Bonchev–Trinajstić information content (AvgIpc) is 2.83. The lowest BCUT2D eigenvalue weighted by atomic mass is 9.91. The van der Waals surface area contributed by atoms with Crippen LogP contribution in [0.5, 0.6) is 11.5 Å². The van der Waals surface area contributed by atoms with Gasteiger partial charge >= 0.3 is 0 Å². The molecule has 0 saturated carbocycles. The Balaban J connectivity index is 1.46. The molecule has 0 bridgehead atoms. The van der Waals surface area contributed by atoms with Crippen LogP contribution in [0.25, 0.3) is 10.9 Å². The number of para-hydroxylation sites is 1. The first-order valence-electron chi connectivity index (χ1n) is 11.1. The molecule has 1 fully saturated rings. The fraction of sp³-hybridized carbons (Fsp3) is 0.346. The first-order chi connectivity index (χ1) is 16.0. The van der Waals surface area contributed by atoms with Crippen LogP contribution in [-0.4, -0.2) is 49.0 Å². The minimum absolute atomic E-state index is 0.0919. The van der Waals surface area contributed by atoms with E-state index in [-0.39, 0.29) is 17.7 Å². The summed E-state index contributed by atoms with van der Waals surface area (Å²) in [7, 11) is 3.18. The van der Waals surface area contributed by atoms with Crippen LogP contribution in [0, 0.1) is 0 Å². The highest BCUT2D eigenvalue weighted by atomic mass is 16.5. The second-order valence-electron chi connectivity index (χ2n) is 8.32. The van der Waals surface area contributed by atoms with Gasteiger partial charge in [0.05, 0.1) is 37.5 Å². The Labute approximate surface area is 193 Å². The molecule has 1 aromatic heterocycles. The molecule has 33 heavy (non-hydrogen) atoms. The lowest BCUT2D eigenvalue weighted by Crippen LogP contribution is -2.39. The van der Waals surface area contributed by atoms with Crippen molar-refractivity contribution < 1.29 is 19.1 Å². The zero-order valence-corrected chi connectivity index (χ0v) is 19.3. The maximum atomic E-state index is 12.9. The summed E-state index contributed by atoms with van der Waals surface area (Å²) in [6.45, 7) is 2.82. The van der Waals surface area contributed by atoms with Gasteiger partial charge in [-0.2, -0.15) is 0 Å². The maximum Gasteiger partial charge on any atom is 0.226 e. The van der Waals surface area contributed by atoms with Crippen molar-refractivity contribution >= 4 is 28.4 Å². The topological polar surface area (TPSA) is 80.8 Å². The summed E-state index contributed by atoms with van der Waals surface area (Å²) in [6, 6.07) is 15.5. The quantitative estimate of drug-likeness (QED) is 0.614. The van der Waals surface area contributed by atoms with Crippen molar-refractivity contribution in [3.63, 3.8) is 0 Å². The number of nitrogens with zero attached hydrogens (tertiary/aromatic N) is 2. The van der Waals surface area contributed by atoms with E-state index in [4.69, 9.17) is 14.5 Å². The summed E-state index contributed by atoms with van der Waals surface area (Å²) in [5.41, 5.74) is 3.46. The predicted octanol–water partition coefficient (Wildman–Crippen LogP) is 4.16. The second kappa shape index (κ2) is 9.90. The van der Waals surface area contributed by atoms with Gasteiger partial charge in [-0.3, -0.25) is 14.6 Å². The minimum atomic E-state index is -0.115. The maximum absolute atomic E-state index is 12.9. The van der Waals surface area contributed by atoms with E-state index in [9.17, 15) is 9.59 Å². The number of benzene rings is 2.